The Balaban J connectivity index is 1.36. The van der Waals surface area contributed by atoms with E-state index in [4.69, 9.17) is 19.4 Å². The summed E-state index contributed by atoms with van der Waals surface area (Å²) in [6.45, 7) is 3.98. The zero-order valence-electron chi connectivity index (χ0n) is 22.9. The molecule has 218 valence electrons. The predicted molar refractivity (Wildman–Crippen MR) is 148 cm³/mol. The molecular formula is C30H41N3O7. The van der Waals surface area contributed by atoms with Crippen LogP contribution in [0.1, 0.15) is 74.0 Å². The number of nitrogens with zero attached hydrogens (tertiary/aromatic N) is 1. The number of carbonyl (C=O) groups is 2. The molecule has 10 nitrogen and oxygen atoms in total. The van der Waals surface area contributed by atoms with Gasteiger partial charge in [-0.3, -0.25) is 19.7 Å². The SMILES string of the molecule is O=C(CCCCCCC(=O)Nc1cccc([C@@H]2O[C@H](CN3CCOCC3)C[C@H](c3ccc(CO)cc3)O2)c1)NO. The number of hydrogen-bond acceptors (Lipinski definition) is 8. The molecule has 2 aliphatic rings. The number of anilines is 1. The third kappa shape index (κ3) is 9.36. The first-order valence-electron chi connectivity index (χ1n) is 14.2. The molecule has 4 N–H and O–H groups in total. The van der Waals surface area contributed by atoms with E-state index in [1.807, 2.05) is 48.5 Å². The van der Waals surface area contributed by atoms with Crippen molar-refractivity contribution in [2.45, 2.75) is 70.1 Å². The van der Waals surface area contributed by atoms with Crippen LogP contribution in [0.25, 0.3) is 0 Å². The number of hydroxylamine groups is 1. The number of aliphatic hydroxyl groups excluding tert-OH is 1. The molecule has 0 aromatic heterocycles. The maximum absolute atomic E-state index is 12.5. The third-order valence-corrected chi connectivity index (χ3v) is 7.31. The number of benzene rings is 2. The van der Waals surface area contributed by atoms with Gasteiger partial charge in [0, 0.05) is 50.1 Å². The molecule has 2 heterocycles. The molecule has 40 heavy (non-hydrogen) atoms. The quantitative estimate of drug-likeness (QED) is 0.167. The van der Waals surface area contributed by atoms with E-state index in [9.17, 15) is 14.7 Å². The number of ether oxygens (including phenoxy) is 3. The molecule has 0 unspecified atom stereocenters. The number of morpholine rings is 1. The molecule has 2 aliphatic heterocycles. The minimum atomic E-state index is -0.588. The van der Waals surface area contributed by atoms with Crippen molar-refractivity contribution in [1.29, 1.82) is 0 Å². The van der Waals surface area contributed by atoms with Crippen LogP contribution in [0.15, 0.2) is 48.5 Å². The van der Waals surface area contributed by atoms with Gasteiger partial charge in [-0.2, -0.15) is 0 Å². The largest absolute Gasteiger partial charge is 0.392 e. The molecular weight excluding hydrogens is 514 g/mol. The Morgan fingerprint density at radius 3 is 2.33 bits per heavy atom. The van der Waals surface area contributed by atoms with E-state index in [1.165, 1.54) is 0 Å². The van der Waals surface area contributed by atoms with Crippen LogP contribution in [0.3, 0.4) is 0 Å². The summed E-state index contributed by atoms with van der Waals surface area (Å²) < 4.78 is 18.4. The average Bonchev–Trinajstić information content (AvgIpc) is 2.99. The van der Waals surface area contributed by atoms with Crippen molar-refractivity contribution in [1.82, 2.24) is 10.4 Å². The summed E-state index contributed by atoms with van der Waals surface area (Å²) >= 11 is 0. The Hall–Kier alpha value is -2.86. The van der Waals surface area contributed by atoms with Crippen LogP contribution in [0.2, 0.25) is 0 Å². The highest BCUT2D eigenvalue weighted by atomic mass is 16.7. The number of rotatable bonds is 13. The molecule has 2 aromatic rings. The standard InChI is InChI=1S/C30H41N3O7/c34-21-22-10-12-23(13-11-22)27-19-26(20-33-14-16-38-17-15-33)39-30(40-27)24-6-5-7-25(18-24)31-28(35)8-3-1-2-4-9-29(36)32-37/h5-7,10-13,18,26-27,30,34,37H,1-4,8-9,14-17,19-21H2,(H,31,35)(H,32,36)/t26-,27+,30+/m0/s1. The molecule has 0 saturated carbocycles. The van der Waals surface area contributed by atoms with Crippen LogP contribution in [-0.2, 0) is 30.4 Å². The highest BCUT2D eigenvalue weighted by molar-refractivity contribution is 5.90. The molecule has 2 aromatic carbocycles. The highest BCUT2D eigenvalue weighted by Gasteiger charge is 2.33. The Bertz CT molecular complexity index is 1080. The summed E-state index contributed by atoms with van der Waals surface area (Å²) in [6.07, 6.45) is 3.65. The monoisotopic (exact) mass is 555 g/mol. The normalized spacial score (nSPS) is 21.6. The first-order chi connectivity index (χ1) is 19.5. The summed E-state index contributed by atoms with van der Waals surface area (Å²) in [4.78, 5) is 26.0. The number of carbonyl (C=O) groups excluding carboxylic acids is 2. The van der Waals surface area contributed by atoms with Crippen LogP contribution in [-0.4, -0.2) is 66.0 Å². The second-order valence-corrected chi connectivity index (χ2v) is 10.4. The van der Waals surface area contributed by atoms with Gasteiger partial charge in [-0.1, -0.05) is 49.2 Å². The fraction of sp³-hybridized carbons (Fsp3) is 0.533. The molecule has 4 rings (SSSR count). The lowest BCUT2D eigenvalue weighted by atomic mass is 9.99. The van der Waals surface area contributed by atoms with Crippen molar-refractivity contribution < 1.29 is 34.1 Å². The van der Waals surface area contributed by atoms with Gasteiger partial charge in [-0.15, -0.1) is 0 Å². The minimum Gasteiger partial charge on any atom is -0.392 e. The molecule has 0 spiro atoms. The van der Waals surface area contributed by atoms with Crippen molar-refractivity contribution in [2.24, 2.45) is 0 Å². The van der Waals surface area contributed by atoms with Crippen molar-refractivity contribution >= 4 is 17.5 Å². The van der Waals surface area contributed by atoms with Gasteiger partial charge in [0.05, 0.1) is 32.0 Å². The van der Waals surface area contributed by atoms with E-state index < -0.39 is 6.29 Å². The Kier molecular flexibility index (Phi) is 11.9. The van der Waals surface area contributed by atoms with Crippen LogP contribution in [0.4, 0.5) is 5.69 Å². The Labute approximate surface area is 235 Å². The topological polar surface area (TPSA) is 130 Å². The Morgan fingerprint density at radius 2 is 1.62 bits per heavy atom. The van der Waals surface area contributed by atoms with Gasteiger partial charge in [0.2, 0.25) is 11.8 Å². The molecule has 3 atom stereocenters. The van der Waals surface area contributed by atoms with E-state index in [-0.39, 0.29) is 37.0 Å². The fourth-order valence-corrected chi connectivity index (χ4v) is 5.07. The second-order valence-electron chi connectivity index (χ2n) is 10.4. The van der Waals surface area contributed by atoms with Crippen LogP contribution < -0.4 is 10.8 Å². The van der Waals surface area contributed by atoms with E-state index >= 15 is 0 Å². The number of aliphatic hydroxyl groups is 1. The van der Waals surface area contributed by atoms with Crippen molar-refractivity contribution in [3.63, 3.8) is 0 Å². The average molecular weight is 556 g/mol. The Morgan fingerprint density at radius 1 is 0.900 bits per heavy atom. The molecule has 2 amide bonds. The number of unbranched alkanes of at least 4 members (excludes halogenated alkanes) is 3. The first-order valence-corrected chi connectivity index (χ1v) is 14.2. The summed E-state index contributed by atoms with van der Waals surface area (Å²) in [5.41, 5.74) is 5.05. The van der Waals surface area contributed by atoms with Crippen LogP contribution in [0, 0.1) is 0 Å². The van der Waals surface area contributed by atoms with Crippen molar-refractivity contribution in [3.8, 4) is 0 Å². The van der Waals surface area contributed by atoms with Crippen LogP contribution >= 0.6 is 0 Å². The fourth-order valence-electron chi connectivity index (χ4n) is 5.07. The van der Waals surface area contributed by atoms with E-state index in [2.05, 4.69) is 10.2 Å². The smallest absolute Gasteiger partial charge is 0.243 e. The summed E-state index contributed by atoms with van der Waals surface area (Å²) in [5.74, 6) is -0.454. The maximum atomic E-state index is 12.5. The van der Waals surface area contributed by atoms with Gasteiger partial charge in [0.15, 0.2) is 6.29 Å². The third-order valence-electron chi connectivity index (χ3n) is 7.31. The first kappa shape index (κ1) is 30.1. The van der Waals surface area contributed by atoms with Crippen molar-refractivity contribution in [3.05, 3.63) is 65.2 Å². The number of hydrogen-bond donors (Lipinski definition) is 4. The zero-order valence-corrected chi connectivity index (χ0v) is 22.9. The molecule has 10 heteroatoms. The lowest BCUT2D eigenvalue weighted by molar-refractivity contribution is -0.253. The molecule has 0 radical (unpaired) electrons. The molecule has 2 fully saturated rings. The van der Waals surface area contributed by atoms with Gasteiger partial charge in [0.25, 0.3) is 0 Å². The molecule has 2 saturated heterocycles. The highest BCUT2D eigenvalue weighted by Crippen LogP contribution is 2.38. The predicted octanol–water partition coefficient (Wildman–Crippen LogP) is 3.84. The second kappa shape index (κ2) is 15.8. The van der Waals surface area contributed by atoms with Gasteiger partial charge in [0.1, 0.15) is 0 Å². The van der Waals surface area contributed by atoms with Gasteiger partial charge >= 0.3 is 0 Å². The number of nitrogens with one attached hydrogen (secondary N) is 2. The molecule has 0 aliphatic carbocycles. The van der Waals surface area contributed by atoms with Gasteiger partial charge in [-0.25, -0.2) is 5.48 Å². The van der Waals surface area contributed by atoms with E-state index in [0.29, 0.717) is 24.9 Å². The van der Waals surface area contributed by atoms with Crippen LogP contribution in [0.5, 0.6) is 0 Å². The van der Waals surface area contributed by atoms with Gasteiger partial charge < -0.3 is 24.6 Å². The lowest BCUT2D eigenvalue weighted by Gasteiger charge is -2.39. The lowest BCUT2D eigenvalue weighted by Crippen LogP contribution is -2.44. The van der Waals surface area contributed by atoms with E-state index in [1.54, 1.807) is 5.48 Å². The van der Waals surface area contributed by atoms with Crippen molar-refractivity contribution in [2.75, 3.05) is 38.2 Å². The summed E-state index contributed by atoms with van der Waals surface area (Å²) in [6, 6.07) is 15.4. The van der Waals surface area contributed by atoms with E-state index in [0.717, 1.165) is 68.8 Å². The zero-order chi connectivity index (χ0) is 28.2. The molecule has 0 bridgehead atoms. The minimum absolute atomic E-state index is 0.000933. The maximum Gasteiger partial charge on any atom is 0.243 e. The van der Waals surface area contributed by atoms with Gasteiger partial charge in [-0.05, 0) is 36.1 Å². The summed E-state index contributed by atoms with van der Waals surface area (Å²) in [7, 11) is 0. The summed E-state index contributed by atoms with van der Waals surface area (Å²) in [5, 5.41) is 20.9. The number of amides is 2.